The SMILES string of the molecule is CCNC1C(CN2CCCC2)CCCC1(C)C. The molecule has 0 amide bonds. The van der Waals surface area contributed by atoms with Gasteiger partial charge in [-0.05, 0) is 56.7 Å². The van der Waals surface area contributed by atoms with E-state index in [9.17, 15) is 0 Å². The van der Waals surface area contributed by atoms with E-state index in [1.165, 1.54) is 51.7 Å². The Bertz CT molecular complexity index is 231. The van der Waals surface area contributed by atoms with Gasteiger partial charge in [0.2, 0.25) is 0 Å². The van der Waals surface area contributed by atoms with Crippen LogP contribution in [-0.2, 0) is 0 Å². The largest absolute Gasteiger partial charge is 0.313 e. The molecule has 1 saturated heterocycles. The number of likely N-dealkylation sites (tertiary alicyclic amines) is 1. The molecule has 2 unspecified atom stereocenters. The van der Waals surface area contributed by atoms with Gasteiger partial charge in [0.05, 0.1) is 0 Å². The van der Waals surface area contributed by atoms with Crippen LogP contribution in [0.5, 0.6) is 0 Å². The first kappa shape index (κ1) is 13.4. The van der Waals surface area contributed by atoms with Gasteiger partial charge >= 0.3 is 0 Å². The number of hydrogen-bond acceptors (Lipinski definition) is 2. The van der Waals surface area contributed by atoms with Crippen molar-refractivity contribution >= 4 is 0 Å². The molecule has 1 aliphatic heterocycles. The summed E-state index contributed by atoms with van der Waals surface area (Å²) in [6, 6.07) is 0.724. The molecule has 0 bridgehead atoms. The van der Waals surface area contributed by atoms with Crippen molar-refractivity contribution < 1.29 is 0 Å². The molecular weight excluding hydrogens is 208 g/mol. The van der Waals surface area contributed by atoms with Crippen LogP contribution in [0.25, 0.3) is 0 Å². The van der Waals surface area contributed by atoms with Crippen LogP contribution in [-0.4, -0.2) is 37.1 Å². The van der Waals surface area contributed by atoms with Gasteiger partial charge < -0.3 is 10.2 Å². The summed E-state index contributed by atoms with van der Waals surface area (Å²) in [5.74, 6) is 0.872. The fourth-order valence-electron chi connectivity index (χ4n) is 3.94. The lowest BCUT2D eigenvalue weighted by Gasteiger charge is -2.45. The highest BCUT2D eigenvalue weighted by atomic mass is 15.1. The molecule has 2 atom stereocenters. The van der Waals surface area contributed by atoms with Crippen LogP contribution in [0.15, 0.2) is 0 Å². The summed E-state index contributed by atoms with van der Waals surface area (Å²) in [5, 5.41) is 3.77. The summed E-state index contributed by atoms with van der Waals surface area (Å²) in [6.07, 6.45) is 7.08. The van der Waals surface area contributed by atoms with E-state index in [2.05, 4.69) is 31.0 Å². The molecule has 0 aromatic rings. The van der Waals surface area contributed by atoms with Crippen molar-refractivity contribution in [1.29, 1.82) is 0 Å². The second-order valence-electron chi connectivity index (χ2n) is 6.68. The van der Waals surface area contributed by atoms with Crippen LogP contribution >= 0.6 is 0 Å². The molecule has 2 nitrogen and oxygen atoms in total. The highest BCUT2D eigenvalue weighted by molar-refractivity contribution is 4.94. The Hall–Kier alpha value is -0.0800. The van der Waals surface area contributed by atoms with Crippen molar-refractivity contribution in [3.05, 3.63) is 0 Å². The van der Waals surface area contributed by atoms with Crippen LogP contribution in [0.4, 0.5) is 0 Å². The van der Waals surface area contributed by atoms with Gasteiger partial charge in [-0.3, -0.25) is 0 Å². The first-order chi connectivity index (χ1) is 8.13. The van der Waals surface area contributed by atoms with E-state index in [0.717, 1.165) is 18.5 Å². The molecule has 100 valence electrons. The van der Waals surface area contributed by atoms with E-state index >= 15 is 0 Å². The molecule has 2 aliphatic rings. The average molecular weight is 238 g/mol. The van der Waals surface area contributed by atoms with E-state index in [1.54, 1.807) is 0 Å². The van der Waals surface area contributed by atoms with Crippen molar-refractivity contribution in [3.8, 4) is 0 Å². The Morgan fingerprint density at radius 3 is 2.53 bits per heavy atom. The molecule has 1 saturated carbocycles. The molecule has 0 radical (unpaired) electrons. The van der Waals surface area contributed by atoms with Gasteiger partial charge in [-0.15, -0.1) is 0 Å². The van der Waals surface area contributed by atoms with Crippen molar-refractivity contribution in [3.63, 3.8) is 0 Å². The van der Waals surface area contributed by atoms with Crippen molar-refractivity contribution in [2.75, 3.05) is 26.2 Å². The third-order valence-corrected chi connectivity index (χ3v) is 4.82. The highest BCUT2D eigenvalue weighted by Gasteiger charge is 2.38. The Balaban J connectivity index is 1.96. The van der Waals surface area contributed by atoms with Gasteiger partial charge in [0.15, 0.2) is 0 Å². The molecule has 2 heteroatoms. The lowest BCUT2D eigenvalue weighted by atomic mass is 9.67. The molecule has 0 aromatic heterocycles. The standard InChI is InChI=1S/C15H30N2/c1-4-16-14-13(8-7-9-15(14,2)3)12-17-10-5-6-11-17/h13-14,16H,4-12H2,1-3H3. The number of hydrogen-bond donors (Lipinski definition) is 1. The number of nitrogens with one attached hydrogen (secondary N) is 1. The van der Waals surface area contributed by atoms with Crippen molar-refractivity contribution in [2.24, 2.45) is 11.3 Å². The minimum Gasteiger partial charge on any atom is -0.313 e. The van der Waals surface area contributed by atoms with Crippen molar-refractivity contribution in [2.45, 2.75) is 58.9 Å². The first-order valence-corrected chi connectivity index (χ1v) is 7.59. The molecule has 1 heterocycles. The van der Waals surface area contributed by atoms with Crippen LogP contribution < -0.4 is 5.32 Å². The Kier molecular flexibility index (Phi) is 4.48. The number of rotatable bonds is 4. The molecule has 1 aliphatic carbocycles. The van der Waals surface area contributed by atoms with Crippen LogP contribution in [0.3, 0.4) is 0 Å². The fraction of sp³-hybridized carbons (Fsp3) is 1.00. The first-order valence-electron chi connectivity index (χ1n) is 7.59. The lowest BCUT2D eigenvalue weighted by molar-refractivity contribution is 0.0860. The third-order valence-electron chi connectivity index (χ3n) is 4.82. The molecular formula is C15H30N2. The average Bonchev–Trinajstić information content (AvgIpc) is 2.75. The summed E-state index contributed by atoms with van der Waals surface area (Å²) < 4.78 is 0. The smallest absolute Gasteiger partial charge is 0.0159 e. The van der Waals surface area contributed by atoms with Gasteiger partial charge in [-0.2, -0.15) is 0 Å². The molecule has 1 N–H and O–H groups in total. The monoisotopic (exact) mass is 238 g/mol. The summed E-state index contributed by atoms with van der Waals surface area (Å²) in [7, 11) is 0. The minimum absolute atomic E-state index is 0.485. The fourth-order valence-corrected chi connectivity index (χ4v) is 3.94. The van der Waals surface area contributed by atoms with Gasteiger partial charge in [-0.1, -0.05) is 27.2 Å². The van der Waals surface area contributed by atoms with E-state index in [1.807, 2.05) is 0 Å². The van der Waals surface area contributed by atoms with E-state index in [-0.39, 0.29) is 0 Å². The van der Waals surface area contributed by atoms with E-state index in [0.29, 0.717) is 5.41 Å². The minimum atomic E-state index is 0.485. The maximum Gasteiger partial charge on any atom is 0.0159 e. The summed E-state index contributed by atoms with van der Waals surface area (Å²) in [5.41, 5.74) is 0.485. The van der Waals surface area contributed by atoms with Gasteiger partial charge in [-0.25, -0.2) is 0 Å². The second kappa shape index (κ2) is 5.71. The van der Waals surface area contributed by atoms with E-state index < -0.39 is 0 Å². The molecule has 0 aromatic carbocycles. The maximum absolute atomic E-state index is 3.77. The maximum atomic E-state index is 3.77. The second-order valence-corrected chi connectivity index (χ2v) is 6.68. The van der Waals surface area contributed by atoms with Crippen molar-refractivity contribution in [1.82, 2.24) is 10.2 Å². The predicted octanol–water partition coefficient (Wildman–Crippen LogP) is 2.89. The zero-order chi connectivity index (χ0) is 12.3. The molecule has 2 rings (SSSR count). The Morgan fingerprint density at radius 2 is 1.88 bits per heavy atom. The van der Waals surface area contributed by atoms with Gasteiger partial charge in [0.1, 0.15) is 0 Å². The van der Waals surface area contributed by atoms with Crippen LogP contribution in [0.1, 0.15) is 52.9 Å². The highest BCUT2D eigenvalue weighted by Crippen LogP contribution is 2.39. The van der Waals surface area contributed by atoms with Gasteiger partial charge in [0.25, 0.3) is 0 Å². The van der Waals surface area contributed by atoms with Gasteiger partial charge in [0, 0.05) is 12.6 Å². The zero-order valence-electron chi connectivity index (χ0n) is 12.0. The van der Waals surface area contributed by atoms with E-state index in [4.69, 9.17) is 0 Å². The quantitative estimate of drug-likeness (QED) is 0.810. The molecule has 2 fully saturated rings. The van der Waals surface area contributed by atoms with Crippen LogP contribution in [0, 0.1) is 11.3 Å². The topological polar surface area (TPSA) is 15.3 Å². The van der Waals surface area contributed by atoms with Crippen LogP contribution in [0.2, 0.25) is 0 Å². The Labute approximate surface area is 107 Å². The lowest BCUT2D eigenvalue weighted by Crippen LogP contribution is -2.52. The normalized spacial score (nSPS) is 34.1. The third kappa shape index (κ3) is 3.23. The summed E-state index contributed by atoms with van der Waals surface area (Å²) >= 11 is 0. The summed E-state index contributed by atoms with van der Waals surface area (Å²) in [4.78, 5) is 2.69. The molecule has 17 heavy (non-hydrogen) atoms. The zero-order valence-corrected chi connectivity index (χ0v) is 12.0. The molecule has 0 spiro atoms. The Morgan fingerprint density at radius 1 is 1.18 bits per heavy atom. The number of nitrogens with zero attached hydrogens (tertiary/aromatic N) is 1. The predicted molar refractivity (Wildman–Crippen MR) is 74.3 cm³/mol. The summed E-state index contributed by atoms with van der Waals surface area (Å²) in [6.45, 7) is 12.3.